The van der Waals surface area contributed by atoms with E-state index in [1.54, 1.807) is 18.2 Å². The Morgan fingerprint density at radius 3 is 2.64 bits per heavy atom. The van der Waals surface area contributed by atoms with E-state index in [9.17, 15) is 4.79 Å². The number of carbonyl (C=O) groups excluding carboxylic acids is 1. The fourth-order valence-corrected chi connectivity index (χ4v) is 2.61. The minimum atomic E-state index is 0.473. The van der Waals surface area contributed by atoms with E-state index in [0.29, 0.717) is 29.4 Å². The predicted octanol–water partition coefficient (Wildman–Crippen LogP) is 4.89. The van der Waals surface area contributed by atoms with Gasteiger partial charge in [-0.05, 0) is 37.0 Å². The first kappa shape index (κ1) is 16.3. The number of aryl methyl sites for hydroxylation is 1. The molecule has 0 heterocycles. The summed E-state index contributed by atoms with van der Waals surface area (Å²) in [6, 6.07) is 13.7. The molecular weight excluding hydrogens is 296 g/mol. The van der Waals surface area contributed by atoms with Crippen molar-refractivity contribution in [1.82, 2.24) is 0 Å². The number of benzene rings is 2. The zero-order valence-corrected chi connectivity index (χ0v) is 13.2. The second-order valence-corrected chi connectivity index (χ2v) is 5.45. The predicted molar refractivity (Wildman–Crippen MR) is 91.0 cm³/mol. The van der Waals surface area contributed by atoms with Crippen molar-refractivity contribution in [2.75, 3.05) is 6.61 Å². The fourth-order valence-electron chi connectivity index (χ4n) is 2.31. The van der Waals surface area contributed by atoms with Gasteiger partial charge in [-0.3, -0.25) is 4.79 Å². The maximum atomic E-state index is 10.9. The molecule has 0 radical (unpaired) electrons. The molecule has 0 saturated heterocycles. The first-order valence-corrected chi connectivity index (χ1v) is 7.67. The van der Waals surface area contributed by atoms with Crippen LogP contribution in [-0.4, -0.2) is 12.9 Å². The minimum absolute atomic E-state index is 0.473. The molecule has 0 aliphatic carbocycles. The summed E-state index contributed by atoms with van der Waals surface area (Å²) in [4.78, 5) is 10.9. The molecule has 2 aromatic rings. The Bertz CT molecular complexity index is 635. The number of carbonyl (C=O) groups is 1. The lowest BCUT2D eigenvalue weighted by atomic mass is 10.1. The molecule has 2 aromatic carbocycles. The first-order chi connectivity index (χ1) is 10.7. The van der Waals surface area contributed by atoms with Gasteiger partial charge in [-0.2, -0.15) is 0 Å². The molecule has 114 valence electrons. The molecule has 2 nitrogen and oxygen atoms in total. The number of aldehydes is 1. The monoisotopic (exact) mass is 314 g/mol. The van der Waals surface area contributed by atoms with Crippen LogP contribution in [0.1, 0.15) is 27.9 Å². The Morgan fingerprint density at radius 1 is 1.18 bits per heavy atom. The van der Waals surface area contributed by atoms with Gasteiger partial charge < -0.3 is 4.74 Å². The van der Waals surface area contributed by atoms with Crippen LogP contribution in [0.25, 0.3) is 0 Å². The SMILES string of the molecule is C=CCc1cc(C=O)cc(Cl)c1OCCCc1ccccc1. The smallest absolute Gasteiger partial charge is 0.150 e. The molecule has 2 rings (SSSR count). The van der Waals surface area contributed by atoms with Gasteiger partial charge >= 0.3 is 0 Å². The van der Waals surface area contributed by atoms with E-state index in [-0.39, 0.29) is 0 Å². The summed E-state index contributed by atoms with van der Waals surface area (Å²) < 4.78 is 5.85. The third-order valence-corrected chi connectivity index (χ3v) is 3.62. The van der Waals surface area contributed by atoms with Gasteiger partial charge in [0.2, 0.25) is 0 Å². The molecule has 0 N–H and O–H groups in total. The maximum absolute atomic E-state index is 10.9. The van der Waals surface area contributed by atoms with E-state index in [2.05, 4.69) is 18.7 Å². The van der Waals surface area contributed by atoms with Crippen LogP contribution in [0.2, 0.25) is 5.02 Å². The second-order valence-electron chi connectivity index (χ2n) is 5.04. The summed E-state index contributed by atoms with van der Waals surface area (Å²) >= 11 is 6.23. The van der Waals surface area contributed by atoms with Crippen molar-refractivity contribution >= 4 is 17.9 Å². The van der Waals surface area contributed by atoms with Gasteiger partial charge in [0.1, 0.15) is 12.0 Å². The standard InChI is InChI=1S/C19H19ClO2/c1-2-7-17-12-16(14-21)13-18(20)19(17)22-11-6-10-15-8-4-3-5-9-15/h2-5,8-9,12-14H,1,6-7,10-11H2. The molecule has 3 heteroatoms. The highest BCUT2D eigenvalue weighted by molar-refractivity contribution is 6.32. The lowest BCUT2D eigenvalue weighted by Gasteiger charge is -2.13. The molecular formula is C19H19ClO2. The van der Waals surface area contributed by atoms with Gasteiger partial charge in [0.25, 0.3) is 0 Å². The van der Waals surface area contributed by atoms with Crippen LogP contribution in [0.5, 0.6) is 5.75 Å². The molecule has 0 bridgehead atoms. The second kappa shape index (κ2) is 8.40. The normalized spacial score (nSPS) is 10.2. The van der Waals surface area contributed by atoms with E-state index in [0.717, 1.165) is 24.7 Å². The molecule has 0 saturated carbocycles. The molecule has 0 aliphatic rings. The average Bonchev–Trinajstić information content (AvgIpc) is 2.54. The zero-order valence-electron chi connectivity index (χ0n) is 12.4. The third-order valence-electron chi connectivity index (χ3n) is 3.34. The van der Waals surface area contributed by atoms with E-state index < -0.39 is 0 Å². The molecule has 0 fully saturated rings. The van der Waals surface area contributed by atoms with Gasteiger partial charge in [-0.15, -0.1) is 6.58 Å². The summed E-state index contributed by atoms with van der Waals surface area (Å²) in [5, 5.41) is 0.473. The van der Waals surface area contributed by atoms with E-state index in [1.165, 1.54) is 5.56 Å². The molecule has 0 amide bonds. The molecule has 22 heavy (non-hydrogen) atoms. The maximum Gasteiger partial charge on any atom is 0.150 e. The van der Waals surface area contributed by atoms with Crippen molar-refractivity contribution < 1.29 is 9.53 Å². The minimum Gasteiger partial charge on any atom is -0.492 e. The van der Waals surface area contributed by atoms with Crippen molar-refractivity contribution in [3.8, 4) is 5.75 Å². The summed E-state index contributed by atoms with van der Waals surface area (Å²) in [6.07, 6.45) is 5.05. The van der Waals surface area contributed by atoms with Crippen LogP contribution in [0.3, 0.4) is 0 Å². The van der Waals surface area contributed by atoms with Gasteiger partial charge in [0.05, 0.1) is 11.6 Å². The topological polar surface area (TPSA) is 26.3 Å². The number of allylic oxidation sites excluding steroid dienone is 1. The van der Waals surface area contributed by atoms with E-state index in [4.69, 9.17) is 16.3 Å². The van der Waals surface area contributed by atoms with Crippen LogP contribution in [0.4, 0.5) is 0 Å². The summed E-state index contributed by atoms with van der Waals surface area (Å²) in [7, 11) is 0. The first-order valence-electron chi connectivity index (χ1n) is 7.30. The van der Waals surface area contributed by atoms with Crippen LogP contribution in [0.15, 0.2) is 55.1 Å². The van der Waals surface area contributed by atoms with Crippen molar-refractivity contribution in [2.45, 2.75) is 19.3 Å². The average molecular weight is 315 g/mol. The number of hydrogen-bond donors (Lipinski definition) is 0. The quantitative estimate of drug-likeness (QED) is 0.394. The Labute approximate surface area is 136 Å². The van der Waals surface area contributed by atoms with Crippen LogP contribution >= 0.6 is 11.6 Å². The molecule has 0 unspecified atom stereocenters. The van der Waals surface area contributed by atoms with Crippen molar-refractivity contribution in [3.05, 3.63) is 76.8 Å². The molecule has 0 aliphatic heterocycles. The van der Waals surface area contributed by atoms with E-state index in [1.807, 2.05) is 18.2 Å². The lowest BCUT2D eigenvalue weighted by molar-refractivity contribution is 0.112. The summed E-state index contributed by atoms with van der Waals surface area (Å²) in [5.74, 6) is 0.653. The zero-order chi connectivity index (χ0) is 15.8. The van der Waals surface area contributed by atoms with Gasteiger partial charge in [0.15, 0.2) is 0 Å². The third kappa shape index (κ3) is 4.47. The van der Waals surface area contributed by atoms with Gasteiger partial charge in [-0.25, -0.2) is 0 Å². The highest BCUT2D eigenvalue weighted by atomic mass is 35.5. The van der Waals surface area contributed by atoms with Gasteiger partial charge in [-0.1, -0.05) is 48.0 Å². The van der Waals surface area contributed by atoms with Crippen molar-refractivity contribution in [1.29, 1.82) is 0 Å². The number of hydrogen-bond acceptors (Lipinski definition) is 2. The number of rotatable bonds is 8. The summed E-state index contributed by atoms with van der Waals surface area (Å²) in [5.41, 5.74) is 2.74. The van der Waals surface area contributed by atoms with Gasteiger partial charge in [0, 0.05) is 11.1 Å². The molecule has 0 aromatic heterocycles. The van der Waals surface area contributed by atoms with Crippen LogP contribution in [-0.2, 0) is 12.8 Å². The number of ether oxygens (including phenoxy) is 1. The van der Waals surface area contributed by atoms with Crippen molar-refractivity contribution in [3.63, 3.8) is 0 Å². The van der Waals surface area contributed by atoms with Crippen LogP contribution < -0.4 is 4.74 Å². The number of halogens is 1. The Morgan fingerprint density at radius 2 is 1.95 bits per heavy atom. The summed E-state index contributed by atoms with van der Waals surface area (Å²) in [6.45, 7) is 4.31. The highest BCUT2D eigenvalue weighted by Crippen LogP contribution is 2.31. The molecule has 0 spiro atoms. The highest BCUT2D eigenvalue weighted by Gasteiger charge is 2.10. The van der Waals surface area contributed by atoms with Crippen molar-refractivity contribution in [2.24, 2.45) is 0 Å². The van der Waals surface area contributed by atoms with Crippen LogP contribution in [0, 0.1) is 0 Å². The molecule has 0 atom stereocenters. The van der Waals surface area contributed by atoms with E-state index >= 15 is 0 Å². The Hall–Kier alpha value is -2.06. The Kier molecular flexibility index (Phi) is 6.23. The Balaban J connectivity index is 1.99. The largest absolute Gasteiger partial charge is 0.492 e. The lowest BCUT2D eigenvalue weighted by Crippen LogP contribution is -2.03. The fraction of sp³-hybridized carbons (Fsp3) is 0.211.